The number of benzene rings is 2. The highest BCUT2D eigenvalue weighted by Crippen LogP contribution is 2.30. The van der Waals surface area contributed by atoms with Crippen molar-refractivity contribution in [2.24, 2.45) is 0 Å². The molecule has 3 heterocycles. The van der Waals surface area contributed by atoms with Crippen molar-refractivity contribution in [1.29, 1.82) is 0 Å². The topological polar surface area (TPSA) is 97.6 Å². The van der Waals surface area contributed by atoms with Gasteiger partial charge in [-0.3, -0.25) is 0 Å². The van der Waals surface area contributed by atoms with E-state index in [-0.39, 0.29) is 0 Å². The van der Waals surface area contributed by atoms with Crippen molar-refractivity contribution in [2.45, 2.75) is 42.9 Å². The molecular formula is C26H28ClN5O3S. The van der Waals surface area contributed by atoms with Crippen LogP contribution in [0.1, 0.15) is 26.7 Å². The van der Waals surface area contributed by atoms with Crippen LogP contribution in [0.2, 0.25) is 5.02 Å². The predicted octanol–water partition coefficient (Wildman–Crippen LogP) is 5.11. The van der Waals surface area contributed by atoms with Crippen LogP contribution in [-0.2, 0) is 9.84 Å². The number of aromatic nitrogens is 3. The summed E-state index contributed by atoms with van der Waals surface area (Å²) in [7, 11) is -3.39. The SMILES string of the molecule is CC(C)S(=O)(=O)c1cccc(-c2ccc3cnc(Nc4ccc(Cl)c(OC[C@H]5CCCN5)c4)nn23)c1. The van der Waals surface area contributed by atoms with Gasteiger partial charge in [-0.25, -0.2) is 17.9 Å². The van der Waals surface area contributed by atoms with E-state index in [9.17, 15) is 8.42 Å². The molecule has 1 aliphatic rings. The molecule has 2 aromatic heterocycles. The standard InChI is InChI=1S/C26H28ClN5O3S/c1-17(2)36(33,34)22-7-3-5-18(13-22)24-11-9-21-15-29-26(31-32(21)24)30-19-8-10-23(27)25(14-19)35-16-20-6-4-12-28-20/h3,5,7-11,13-15,17,20,28H,4,6,12,16H2,1-2H3,(H,30,31)/t20-/m1/s1. The Hall–Kier alpha value is -3.14. The summed E-state index contributed by atoms with van der Waals surface area (Å²) in [6, 6.07) is 16.5. The third-order valence-corrected chi connectivity index (χ3v) is 8.73. The summed E-state index contributed by atoms with van der Waals surface area (Å²) in [6.07, 6.45) is 3.96. The van der Waals surface area contributed by atoms with E-state index in [0.29, 0.717) is 34.3 Å². The van der Waals surface area contributed by atoms with E-state index in [1.807, 2.05) is 30.3 Å². The summed E-state index contributed by atoms with van der Waals surface area (Å²) in [5.74, 6) is 0.984. The third kappa shape index (κ3) is 5.04. The number of rotatable bonds is 8. The lowest BCUT2D eigenvalue weighted by Crippen LogP contribution is -2.28. The highest BCUT2D eigenvalue weighted by Gasteiger charge is 2.20. The lowest BCUT2D eigenvalue weighted by molar-refractivity contribution is 0.277. The summed E-state index contributed by atoms with van der Waals surface area (Å²) < 4.78 is 33.1. The molecule has 1 aliphatic heterocycles. The average Bonchev–Trinajstić information content (AvgIpc) is 3.54. The maximum Gasteiger partial charge on any atom is 0.245 e. The minimum atomic E-state index is -3.39. The molecule has 0 spiro atoms. The molecule has 1 saturated heterocycles. The van der Waals surface area contributed by atoms with Gasteiger partial charge in [-0.2, -0.15) is 0 Å². The van der Waals surface area contributed by atoms with Gasteiger partial charge in [0.25, 0.3) is 0 Å². The van der Waals surface area contributed by atoms with Crippen molar-refractivity contribution in [3.05, 3.63) is 65.8 Å². The molecule has 36 heavy (non-hydrogen) atoms. The van der Waals surface area contributed by atoms with Gasteiger partial charge in [0.15, 0.2) is 9.84 Å². The molecule has 0 saturated carbocycles. The van der Waals surface area contributed by atoms with Crippen molar-refractivity contribution >= 4 is 38.6 Å². The van der Waals surface area contributed by atoms with E-state index in [4.69, 9.17) is 16.3 Å². The molecule has 5 rings (SSSR count). The van der Waals surface area contributed by atoms with Crippen molar-refractivity contribution < 1.29 is 13.2 Å². The lowest BCUT2D eigenvalue weighted by Gasteiger charge is -2.14. The van der Waals surface area contributed by atoms with Gasteiger partial charge < -0.3 is 15.4 Å². The van der Waals surface area contributed by atoms with E-state index in [1.54, 1.807) is 48.8 Å². The van der Waals surface area contributed by atoms with Crippen molar-refractivity contribution in [3.8, 4) is 17.0 Å². The van der Waals surface area contributed by atoms with Crippen LogP contribution >= 0.6 is 11.6 Å². The van der Waals surface area contributed by atoms with E-state index in [0.717, 1.165) is 41.8 Å². The van der Waals surface area contributed by atoms with Crippen LogP contribution in [0.5, 0.6) is 5.75 Å². The number of sulfone groups is 1. The second kappa shape index (κ2) is 10.1. The number of ether oxygens (including phenoxy) is 1. The summed E-state index contributed by atoms with van der Waals surface area (Å²) in [5.41, 5.74) is 3.05. The Morgan fingerprint density at radius 3 is 2.83 bits per heavy atom. The number of halogens is 1. The van der Waals surface area contributed by atoms with Crippen LogP contribution in [0.3, 0.4) is 0 Å². The number of fused-ring (bicyclic) bond motifs is 1. The molecule has 1 fully saturated rings. The van der Waals surface area contributed by atoms with Gasteiger partial charge in [-0.15, -0.1) is 5.10 Å². The first-order valence-corrected chi connectivity index (χ1v) is 13.9. The van der Waals surface area contributed by atoms with E-state index in [2.05, 4.69) is 20.7 Å². The quantitative estimate of drug-likeness (QED) is 0.330. The number of hydrogen-bond acceptors (Lipinski definition) is 7. The average molecular weight is 526 g/mol. The second-order valence-corrected chi connectivity index (χ2v) is 12.0. The smallest absolute Gasteiger partial charge is 0.245 e. The molecule has 0 amide bonds. The van der Waals surface area contributed by atoms with Crippen LogP contribution < -0.4 is 15.4 Å². The Labute approximate surface area is 215 Å². The molecule has 1 atom stereocenters. The largest absolute Gasteiger partial charge is 0.490 e. The lowest BCUT2D eigenvalue weighted by atomic mass is 10.2. The Kier molecular flexibility index (Phi) is 6.87. The molecule has 0 radical (unpaired) electrons. The minimum Gasteiger partial charge on any atom is -0.490 e. The summed E-state index contributed by atoms with van der Waals surface area (Å²) in [4.78, 5) is 4.72. The number of nitrogens with one attached hydrogen (secondary N) is 2. The van der Waals surface area contributed by atoms with Crippen LogP contribution in [0.25, 0.3) is 16.8 Å². The highest BCUT2D eigenvalue weighted by molar-refractivity contribution is 7.92. The van der Waals surface area contributed by atoms with Crippen molar-refractivity contribution in [1.82, 2.24) is 19.9 Å². The molecule has 10 heteroatoms. The van der Waals surface area contributed by atoms with Gasteiger partial charge in [0, 0.05) is 23.4 Å². The summed E-state index contributed by atoms with van der Waals surface area (Å²) >= 11 is 6.35. The summed E-state index contributed by atoms with van der Waals surface area (Å²) in [5, 5.41) is 11.3. The van der Waals surface area contributed by atoms with E-state index >= 15 is 0 Å². The maximum absolute atomic E-state index is 12.7. The molecule has 8 nitrogen and oxygen atoms in total. The first-order valence-electron chi connectivity index (χ1n) is 11.9. The van der Waals surface area contributed by atoms with Crippen molar-refractivity contribution in [2.75, 3.05) is 18.5 Å². The van der Waals surface area contributed by atoms with Gasteiger partial charge in [-0.05, 0) is 69.6 Å². The molecule has 2 N–H and O–H groups in total. The van der Waals surface area contributed by atoms with Gasteiger partial charge in [-0.1, -0.05) is 23.7 Å². The minimum absolute atomic E-state index is 0.291. The van der Waals surface area contributed by atoms with Crippen LogP contribution in [0, 0.1) is 0 Å². The molecule has 0 bridgehead atoms. The zero-order valence-corrected chi connectivity index (χ0v) is 21.7. The highest BCUT2D eigenvalue weighted by atomic mass is 35.5. The maximum atomic E-state index is 12.7. The first-order chi connectivity index (χ1) is 17.3. The monoisotopic (exact) mass is 525 g/mol. The molecule has 188 valence electrons. The van der Waals surface area contributed by atoms with E-state index < -0.39 is 15.1 Å². The fourth-order valence-electron chi connectivity index (χ4n) is 4.19. The number of anilines is 2. The fraction of sp³-hybridized carbons (Fsp3) is 0.308. The van der Waals surface area contributed by atoms with Gasteiger partial charge in [0.1, 0.15) is 12.4 Å². The Morgan fingerprint density at radius 2 is 2.06 bits per heavy atom. The zero-order valence-electron chi connectivity index (χ0n) is 20.1. The van der Waals surface area contributed by atoms with E-state index in [1.165, 1.54) is 0 Å². The van der Waals surface area contributed by atoms with Crippen molar-refractivity contribution in [3.63, 3.8) is 0 Å². The molecular weight excluding hydrogens is 498 g/mol. The third-order valence-electron chi connectivity index (χ3n) is 6.27. The second-order valence-electron chi connectivity index (χ2n) is 9.13. The Balaban J connectivity index is 1.41. The van der Waals surface area contributed by atoms with Gasteiger partial charge in [0.2, 0.25) is 5.95 Å². The number of hydrogen-bond donors (Lipinski definition) is 2. The fourth-order valence-corrected chi connectivity index (χ4v) is 5.47. The van der Waals surface area contributed by atoms with Crippen LogP contribution in [-0.4, -0.2) is 47.5 Å². The summed E-state index contributed by atoms with van der Waals surface area (Å²) in [6.45, 7) is 4.93. The molecule has 4 aromatic rings. The van der Waals surface area contributed by atoms with Crippen LogP contribution in [0.15, 0.2) is 65.7 Å². The van der Waals surface area contributed by atoms with Crippen LogP contribution in [0.4, 0.5) is 11.6 Å². The van der Waals surface area contributed by atoms with Gasteiger partial charge >= 0.3 is 0 Å². The van der Waals surface area contributed by atoms with Gasteiger partial charge in [0.05, 0.1) is 32.6 Å². The molecule has 0 aliphatic carbocycles. The molecule has 2 aromatic carbocycles. The number of nitrogens with zero attached hydrogens (tertiary/aromatic N) is 3. The Morgan fingerprint density at radius 1 is 1.19 bits per heavy atom. The normalized spacial score (nSPS) is 16.1. The first kappa shape index (κ1) is 24.5. The molecule has 0 unspecified atom stereocenters. The zero-order chi connectivity index (χ0) is 25.3. The Bertz CT molecular complexity index is 1500. The predicted molar refractivity (Wildman–Crippen MR) is 142 cm³/mol.